The van der Waals surface area contributed by atoms with Crippen molar-refractivity contribution in [2.75, 3.05) is 11.9 Å². The van der Waals surface area contributed by atoms with Gasteiger partial charge in [-0.25, -0.2) is 4.79 Å². The van der Waals surface area contributed by atoms with Gasteiger partial charge in [0.2, 0.25) is 5.72 Å². The number of aliphatic carboxylic acids is 1. The molecule has 1 spiro atoms. The van der Waals surface area contributed by atoms with Crippen LogP contribution in [0.3, 0.4) is 0 Å². The second-order valence-electron chi connectivity index (χ2n) is 7.74. The molecule has 7 heteroatoms. The maximum absolute atomic E-state index is 11.1. The predicted molar refractivity (Wildman–Crippen MR) is 110 cm³/mol. The minimum Gasteiger partial charge on any atom is -0.478 e. The number of anilines is 1. The first-order valence-corrected chi connectivity index (χ1v) is 9.12. The van der Waals surface area contributed by atoms with E-state index in [1.165, 1.54) is 12.1 Å². The summed E-state index contributed by atoms with van der Waals surface area (Å²) in [5, 5.41) is 19.9. The number of likely N-dealkylation sites (N-methyl/N-ethyl adjacent to an activating group) is 1. The number of carboxylic acids is 1. The minimum atomic E-state index is -0.998. The molecule has 1 atom stereocenters. The summed E-state index contributed by atoms with van der Waals surface area (Å²) in [5.74, 6) is -0.417. The molecule has 0 saturated heterocycles. The van der Waals surface area contributed by atoms with Crippen LogP contribution in [0.4, 0.5) is 11.4 Å². The minimum absolute atomic E-state index is 0.0186. The lowest BCUT2D eigenvalue weighted by molar-refractivity contribution is -0.384. The molecule has 0 bridgehead atoms. The van der Waals surface area contributed by atoms with E-state index in [-0.39, 0.29) is 5.69 Å². The molecule has 29 heavy (non-hydrogen) atoms. The molecule has 0 radical (unpaired) electrons. The third-order valence-corrected chi connectivity index (χ3v) is 5.83. The van der Waals surface area contributed by atoms with Gasteiger partial charge in [-0.2, -0.15) is 0 Å². The molecule has 2 aliphatic rings. The first kappa shape index (κ1) is 18.7. The number of nitro benzene ring substituents is 1. The quantitative estimate of drug-likeness (QED) is 0.478. The summed E-state index contributed by atoms with van der Waals surface area (Å²) in [6.45, 7) is 4.14. The van der Waals surface area contributed by atoms with Gasteiger partial charge in [0.05, 0.1) is 10.3 Å². The maximum Gasteiger partial charge on any atom is 0.328 e. The molecule has 0 fully saturated rings. The smallest absolute Gasteiger partial charge is 0.328 e. The zero-order chi connectivity index (χ0) is 21.0. The van der Waals surface area contributed by atoms with Crippen molar-refractivity contribution in [3.05, 3.63) is 75.4 Å². The van der Waals surface area contributed by atoms with Crippen LogP contribution in [0.15, 0.2) is 48.6 Å². The first-order chi connectivity index (χ1) is 13.7. The molecule has 1 N–H and O–H groups in total. The lowest BCUT2D eigenvalue weighted by atomic mass is 9.76. The van der Waals surface area contributed by atoms with E-state index in [0.717, 1.165) is 22.9 Å². The highest BCUT2D eigenvalue weighted by Gasteiger charge is 2.57. The van der Waals surface area contributed by atoms with Crippen LogP contribution in [-0.4, -0.2) is 28.8 Å². The Kier molecular flexibility index (Phi) is 4.01. The van der Waals surface area contributed by atoms with Crippen LogP contribution < -0.4 is 9.64 Å². The molecule has 0 amide bonds. The number of non-ortho nitro benzene ring substituents is 1. The van der Waals surface area contributed by atoms with E-state index in [9.17, 15) is 14.9 Å². The largest absolute Gasteiger partial charge is 0.478 e. The summed E-state index contributed by atoms with van der Waals surface area (Å²) in [7, 11) is 1.95. The number of rotatable bonds is 3. The van der Waals surface area contributed by atoms with Gasteiger partial charge in [0, 0.05) is 36.5 Å². The number of hydrogen-bond donors (Lipinski definition) is 1. The Morgan fingerprint density at radius 2 is 2.00 bits per heavy atom. The summed E-state index contributed by atoms with van der Waals surface area (Å²) in [5.41, 5.74) is 2.20. The van der Waals surface area contributed by atoms with Crippen LogP contribution in [0.25, 0.3) is 12.2 Å². The summed E-state index contributed by atoms with van der Waals surface area (Å²) >= 11 is 0. The molecular formula is C22H20N2O5. The number of carboxylic acid groups (broad SMARTS) is 1. The Bertz CT molecular complexity index is 1100. The van der Waals surface area contributed by atoms with Gasteiger partial charge in [-0.1, -0.05) is 6.07 Å². The molecule has 1 unspecified atom stereocenters. The molecular weight excluding hydrogens is 372 g/mol. The van der Waals surface area contributed by atoms with Crippen molar-refractivity contribution in [1.29, 1.82) is 0 Å². The average molecular weight is 392 g/mol. The first-order valence-electron chi connectivity index (χ1n) is 9.12. The molecule has 2 aromatic carbocycles. The van der Waals surface area contributed by atoms with E-state index in [0.29, 0.717) is 11.3 Å². The van der Waals surface area contributed by atoms with E-state index < -0.39 is 22.0 Å². The Morgan fingerprint density at radius 1 is 1.24 bits per heavy atom. The fourth-order valence-corrected chi connectivity index (χ4v) is 4.20. The zero-order valence-corrected chi connectivity index (χ0v) is 16.2. The van der Waals surface area contributed by atoms with Crippen molar-refractivity contribution in [2.24, 2.45) is 0 Å². The highest BCUT2D eigenvalue weighted by Crippen LogP contribution is 2.54. The van der Waals surface area contributed by atoms with Crippen LogP contribution >= 0.6 is 0 Å². The van der Waals surface area contributed by atoms with Crippen molar-refractivity contribution in [2.45, 2.75) is 25.0 Å². The van der Waals surface area contributed by atoms with Gasteiger partial charge in [0.25, 0.3) is 5.69 Å². The normalized spacial score (nSPS) is 21.1. The highest BCUT2D eigenvalue weighted by atomic mass is 16.6. The van der Waals surface area contributed by atoms with Gasteiger partial charge in [-0.3, -0.25) is 10.1 Å². The van der Waals surface area contributed by atoms with Crippen molar-refractivity contribution in [3.63, 3.8) is 0 Å². The monoisotopic (exact) mass is 392 g/mol. The fraction of sp³-hybridized carbons (Fsp3) is 0.227. The number of ether oxygens (including phenoxy) is 1. The maximum atomic E-state index is 11.1. The van der Waals surface area contributed by atoms with Crippen LogP contribution in [0, 0.1) is 10.1 Å². The second-order valence-corrected chi connectivity index (χ2v) is 7.74. The Morgan fingerprint density at radius 3 is 2.69 bits per heavy atom. The summed E-state index contributed by atoms with van der Waals surface area (Å²) < 4.78 is 6.47. The zero-order valence-electron chi connectivity index (χ0n) is 16.2. The molecule has 0 saturated carbocycles. The van der Waals surface area contributed by atoms with Crippen LogP contribution in [0.2, 0.25) is 0 Å². The van der Waals surface area contributed by atoms with Crippen LogP contribution in [0.1, 0.15) is 30.5 Å². The van der Waals surface area contributed by atoms with Gasteiger partial charge < -0.3 is 14.7 Å². The number of nitro groups is 1. The van der Waals surface area contributed by atoms with E-state index in [1.807, 2.05) is 42.3 Å². The molecule has 0 aliphatic carbocycles. The van der Waals surface area contributed by atoms with Crippen molar-refractivity contribution < 1.29 is 19.6 Å². The molecule has 2 heterocycles. The predicted octanol–water partition coefficient (Wildman–Crippen LogP) is 4.22. The van der Waals surface area contributed by atoms with Crippen molar-refractivity contribution in [1.82, 2.24) is 0 Å². The Balaban J connectivity index is 1.78. The van der Waals surface area contributed by atoms with Gasteiger partial charge >= 0.3 is 5.97 Å². The molecule has 2 aliphatic heterocycles. The molecule has 148 valence electrons. The van der Waals surface area contributed by atoms with Gasteiger partial charge in [-0.05, 0) is 61.4 Å². The van der Waals surface area contributed by atoms with Gasteiger partial charge in [0.15, 0.2) is 0 Å². The summed E-state index contributed by atoms with van der Waals surface area (Å²) in [6, 6.07) is 10.4. The van der Waals surface area contributed by atoms with Gasteiger partial charge in [-0.15, -0.1) is 0 Å². The number of nitrogens with zero attached hydrogens (tertiary/aromatic N) is 2. The van der Waals surface area contributed by atoms with Crippen LogP contribution in [-0.2, 0) is 10.2 Å². The fourth-order valence-electron chi connectivity index (χ4n) is 4.20. The van der Waals surface area contributed by atoms with Crippen LogP contribution in [0.5, 0.6) is 5.75 Å². The SMILES string of the molecule is CN1c2ccc(C=CC(=O)O)cc2C(C)(C)C12C=Cc1cc([N+](=O)[O-])ccc1O2. The number of fused-ring (bicyclic) bond motifs is 2. The van der Waals surface area contributed by atoms with Gasteiger partial charge in [0.1, 0.15) is 5.75 Å². The van der Waals surface area contributed by atoms with Crippen molar-refractivity contribution >= 4 is 29.5 Å². The van der Waals surface area contributed by atoms with E-state index in [4.69, 9.17) is 9.84 Å². The third-order valence-electron chi connectivity index (χ3n) is 5.83. The van der Waals surface area contributed by atoms with E-state index in [2.05, 4.69) is 13.8 Å². The Hall–Kier alpha value is -3.61. The third kappa shape index (κ3) is 2.69. The van der Waals surface area contributed by atoms with E-state index >= 15 is 0 Å². The second kappa shape index (κ2) is 6.20. The topological polar surface area (TPSA) is 92.9 Å². The standard InChI is InChI=1S/C22H20N2O5/c1-21(2)17-12-14(5-9-20(25)26)4-7-18(17)23(3)22(21)11-10-15-13-16(24(27)28)6-8-19(15)29-22/h4-13H,1-3H3,(H,25,26). The summed E-state index contributed by atoms with van der Waals surface area (Å²) in [6.07, 6.45) is 6.48. The molecule has 7 nitrogen and oxygen atoms in total. The molecule has 4 rings (SSSR count). The number of hydrogen-bond acceptors (Lipinski definition) is 5. The lowest BCUT2D eigenvalue weighted by Gasteiger charge is -2.45. The lowest BCUT2D eigenvalue weighted by Crippen LogP contribution is -2.58. The average Bonchev–Trinajstić information content (AvgIpc) is 2.84. The molecule has 0 aromatic heterocycles. The Labute approximate surface area is 167 Å². The number of carbonyl (C=O) groups is 1. The van der Waals surface area contributed by atoms with Crippen molar-refractivity contribution in [3.8, 4) is 5.75 Å². The summed E-state index contributed by atoms with van der Waals surface area (Å²) in [4.78, 5) is 23.5. The number of benzene rings is 2. The molecule has 2 aromatic rings. The highest BCUT2D eigenvalue weighted by molar-refractivity contribution is 5.85. The van der Waals surface area contributed by atoms with E-state index in [1.54, 1.807) is 12.1 Å².